The predicted octanol–water partition coefficient (Wildman–Crippen LogP) is 3.22. The molecule has 0 aliphatic carbocycles. The van der Waals surface area contributed by atoms with Crippen LogP contribution < -0.4 is 4.74 Å². The highest BCUT2D eigenvalue weighted by Gasteiger charge is 2.10. The normalized spacial score (nSPS) is 12.2. The van der Waals surface area contributed by atoms with Gasteiger partial charge in [-0.25, -0.2) is 4.39 Å². The first kappa shape index (κ1) is 12.7. The van der Waals surface area contributed by atoms with Crippen LogP contribution in [0.5, 0.6) is 5.75 Å². The van der Waals surface area contributed by atoms with E-state index in [1.807, 2.05) is 6.08 Å². The van der Waals surface area contributed by atoms with Gasteiger partial charge in [-0.1, -0.05) is 6.08 Å². The Morgan fingerprint density at radius 3 is 2.94 bits per heavy atom. The number of ether oxygens (including phenoxy) is 1. The van der Waals surface area contributed by atoms with E-state index in [1.165, 1.54) is 12.1 Å². The van der Waals surface area contributed by atoms with Crippen LogP contribution in [0.3, 0.4) is 0 Å². The van der Waals surface area contributed by atoms with E-state index in [9.17, 15) is 9.50 Å². The summed E-state index contributed by atoms with van der Waals surface area (Å²) in [7, 11) is 0. The topological polar surface area (TPSA) is 29.5 Å². The summed E-state index contributed by atoms with van der Waals surface area (Å²) in [5.74, 6) is 0.176. The highest BCUT2D eigenvalue weighted by Crippen LogP contribution is 2.26. The van der Waals surface area contributed by atoms with Crippen LogP contribution in [0.2, 0.25) is 0 Å². The maximum Gasteiger partial charge on any atom is 0.125 e. The van der Waals surface area contributed by atoms with Crippen LogP contribution >= 0.6 is 0 Å². The van der Waals surface area contributed by atoms with Gasteiger partial charge in [-0.2, -0.15) is 0 Å². The second-order valence-electron chi connectivity index (χ2n) is 3.64. The molecule has 0 spiro atoms. The van der Waals surface area contributed by atoms with Gasteiger partial charge in [0.1, 0.15) is 11.6 Å². The zero-order valence-corrected chi connectivity index (χ0v) is 9.45. The van der Waals surface area contributed by atoms with Gasteiger partial charge in [-0.05, 0) is 38.0 Å². The molecule has 1 N–H and O–H groups in total. The first-order chi connectivity index (χ1) is 7.65. The zero-order chi connectivity index (χ0) is 12.0. The molecule has 3 heteroatoms. The van der Waals surface area contributed by atoms with Crippen LogP contribution in [0.15, 0.2) is 30.9 Å². The maximum absolute atomic E-state index is 13.0. The monoisotopic (exact) mass is 224 g/mol. The van der Waals surface area contributed by atoms with E-state index in [-0.39, 0.29) is 5.82 Å². The lowest BCUT2D eigenvalue weighted by Crippen LogP contribution is -2.02. The number of allylic oxidation sites excluding steroid dienone is 1. The van der Waals surface area contributed by atoms with E-state index < -0.39 is 6.10 Å². The fourth-order valence-corrected chi connectivity index (χ4v) is 1.39. The van der Waals surface area contributed by atoms with Gasteiger partial charge in [-0.15, -0.1) is 6.58 Å². The number of halogens is 1. The van der Waals surface area contributed by atoms with Crippen molar-refractivity contribution in [3.8, 4) is 5.75 Å². The summed E-state index contributed by atoms with van der Waals surface area (Å²) in [4.78, 5) is 0. The minimum atomic E-state index is -0.731. The van der Waals surface area contributed by atoms with Crippen LogP contribution in [0.25, 0.3) is 0 Å². The van der Waals surface area contributed by atoms with E-state index in [0.717, 1.165) is 12.8 Å². The summed E-state index contributed by atoms with van der Waals surface area (Å²) in [6.07, 6.45) is 2.83. The third kappa shape index (κ3) is 3.66. The Hall–Kier alpha value is -1.35. The Bertz CT molecular complexity index is 348. The van der Waals surface area contributed by atoms with Gasteiger partial charge in [0, 0.05) is 5.56 Å². The van der Waals surface area contributed by atoms with Crippen LogP contribution in [0.4, 0.5) is 4.39 Å². The number of benzene rings is 1. The zero-order valence-electron chi connectivity index (χ0n) is 9.45. The van der Waals surface area contributed by atoms with Crippen LogP contribution in [-0.4, -0.2) is 11.7 Å². The average molecular weight is 224 g/mol. The van der Waals surface area contributed by atoms with Gasteiger partial charge in [0.15, 0.2) is 0 Å². The van der Waals surface area contributed by atoms with E-state index in [1.54, 1.807) is 13.0 Å². The minimum Gasteiger partial charge on any atom is -0.493 e. The molecule has 0 fully saturated rings. The molecule has 16 heavy (non-hydrogen) atoms. The molecular weight excluding hydrogens is 207 g/mol. The summed E-state index contributed by atoms with van der Waals surface area (Å²) in [6, 6.07) is 4.17. The van der Waals surface area contributed by atoms with Crippen LogP contribution in [0.1, 0.15) is 31.4 Å². The average Bonchev–Trinajstić information content (AvgIpc) is 2.26. The fraction of sp³-hybridized carbons (Fsp3) is 0.385. The standard InChI is InChI=1S/C13H17FO2/c1-3-4-5-8-16-13-7-6-11(14)9-12(13)10(2)15/h3,6-7,9-10,15H,1,4-5,8H2,2H3/t10-/m0/s1. The molecule has 0 amide bonds. The Balaban J connectivity index is 2.67. The Morgan fingerprint density at radius 2 is 2.31 bits per heavy atom. The number of rotatable bonds is 6. The second kappa shape index (κ2) is 6.28. The Morgan fingerprint density at radius 1 is 1.56 bits per heavy atom. The Kier molecular flexibility index (Phi) is 4.99. The van der Waals surface area contributed by atoms with Gasteiger partial charge in [0.25, 0.3) is 0 Å². The first-order valence-electron chi connectivity index (χ1n) is 5.36. The molecule has 1 atom stereocenters. The van der Waals surface area contributed by atoms with E-state index in [0.29, 0.717) is 17.9 Å². The quantitative estimate of drug-likeness (QED) is 0.594. The SMILES string of the molecule is C=CCCCOc1ccc(F)cc1[C@H](C)O. The number of hydrogen-bond donors (Lipinski definition) is 1. The predicted molar refractivity (Wildman–Crippen MR) is 62.0 cm³/mol. The van der Waals surface area contributed by atoms with Crippen LogP contribution in [0, 0.1) is 5.82 Å². The van der Waals surface area contributed by atoms with Crippen molar-refractivity contribution in [2.75, 3.05) is 6.61 Å². The molecule has 88 valence electrons. The fourth-order valence-electron chi connectivity index (χ4n) is 1.39. The van der Waals surface area contributed by atoms with Crippen molar-refractivity contribution in [3.05, 3.63) is 42.2 Å². The molecule has 0 saturated carbocycles. The molecule has 1 aromatic rings. The Labute approximate surface area is 95.4 Å². The molecule has 1 aromatic carbocycles. The lowest BCUT2D eigenvalue weighted by Gasteiger charge is -2.13. The molecule has 1 rings (SSSR count). The highest BCUT2D eigenvalue weighted by molar-refractivity contribution is 5.35. The van der Waals surface area contributed by atoms with Crippen molar-refractivity contribution in [2.24, 2.45) is 0 Å². The van der Waals surface area contributed by atoms with Gasteiger partial charge in [0.2, 0.25) is 0 Å². The third-order valence-electron chi connectivity index (χ3n) is 2.23. The van der Waals surface area contributed by atoms with Gasteiger partial charge in [0.05, 0.1) is 12.7 Å². The van der Waals surface area contributed by atoms with Gasteiger partial charge < -0.3 is 9.84 Å². The molecule has 0 radical (unpaired) electrons. The van der Waals surface area contributed by atoms with E-state index in [2.05, 4.69) is 6.58 Å². The molecular formula is C13H17FO2. The lowest BCUT2D eigenvalue weighted by molar-refractivity contribution is 0.190. The largest absolute Gasteiger partial charge is 0.493 e. The van der Waals surface area contributed by atoms with E-state index in [4.69, 9.17) is 4.74 Å². The number of aliphatic hydroxyl groups excluding tert-OH is 1. The van der Waals surface area contributed by atoms with Gasteiger partial charge in [-0.3, -0.25) is 0 Å². The molecule has 0 aromatic heterocycles. The van der Waals surface area contributed by atoms with Crippen molar-refractivity contribution in [1.82, 2.24) is 0 Å². The number of aliphatic hydroxyl groups is 1. The van der Waals surface area contributed by atoms with Gasteiger partial charge >= 0.3 is 0 Å². The van der Waals surface area contributed by atoms with Crippen LogP contribution in [-0.2, 0) is 0 Å². The molecule has 0 saturated heterocycles. The first-order valence-corrected chi connectivity index (χ1v) is 5.36. The summed E-state index contributed by atoms with van der Waals surface area (Å²) < 4.78 is 18.5. The minimum absolute atomic E-state index is 0.366. The molecule has 2 nitrogen and oxygen atoms in total. The van der Waals surface area contributed by atoms with Crippen molar-refractivity contribution in [3.63, 3.8) is 0 Å². The number of unbranched alkanes of at least 4 members (excludes halogenated alkanes) is 1. The molecule has 0 unspecified atom stereocenters. The van der Waals surface area contributed by atoms with Crippen molar-refractivity contribution >= 4 is 0 Å². The highest BCUT2D eigenvalue weighted by atomic mass is 19.1. The summed E-state index contributed by atoms with van der Waals surface area (Å²) >= 11 is 0. The summed E-state index contributed by atoms with van der Waals surface area (Å²) in [5, 5.41) is 9.47. The van der Waals surface area contributed by atoms with E-state index >= 15 is 0 Å². The second-order valence-corrected chi connectivity index (χ2v) is 3.64. The molecule has 0 aliphatic rings. The summed E-state index contributed by atoms with van der Waals surface area (Å²) in [5.41, 5.74) is 0.485. The maximum atomic E-state index is 13.0. The molecule has 0 bridgehead atoms. The molecule has 0 aliphatic heterocycles. The lowest BCUT2D eigenvalue weighted by atomic mass is 10.1. The van der Waals surface area contributed by atoms with Crippen molar-refractivity contribution < 1.29 is 14.2 Å². The van der Waals surface area contributed by atoms with Crippen molar-refractivity contribution in [1.29, 1.82) is 0 Å². The smallest absolute Gasteiger partial charge is 0.125 e. The summed E-state index contributed by atoms with van der Waals surface area (Å²) in [6.45, 7) is 5.75. The van der Waals surface area contributed by atoms with Crippen molar-refractivity contribution in [2.45, 2.75) is 25.9 Å². The third-order valence-corrected chi connectivity index (χ3v) is 2.23. The number of hydrogen-bond acceptors (Lipinski definition) is 2. The molecule has 0 heterocycles.